The van der Waals surface area contributed by atoms with E-state index < -0.39 is 0 Å². The van der Waals surface area contributed by atoms with Crippen molar-refractivity contribution in [3.8, 4) is 0 Å². The van der Waals surface area contributed by atoms with Gasteiger partial charge in [-0.25, -0.2) is 0 Å². The molecule has 0 saturated carbocycles. The monoisotopic (exact) mass is 298 g/mol. The zero-order valence-corrected chi connectivity index (χ0v) is 13.4. The van der Waals surface area contributed by atoms with Gasteiger partial charge >= 0.3 is 0 Å². The Hall–Kier alpha value is -1.32. The summed E-state index contributed by atoms with van der Waals surface area (Å²) in [7, 11) is 2.27. The van der Waals surface area contributed by atoms with Gasteiger partial charge in [-0.1, -0.05) is 18.2 Å². The van der Waals surface area contributed by atoms with Crippen LogP contribution in [0.15, 0.2) is 47.5 Å². The molecule has 0 amide bonds. The average Bonchev–Trinajstić information content (AvgIpc) is 3.22. The van der Waals surface area contributed by atoms with Crippen LogP contribution in [-0.4, -0.2) is 42.0 Å². The summed E-state index contributed by atoms with van der Waals surface area (Å²) >= 11 is 1.85. The highest BCUT2D eigenvalue weighted by molar-refractivity contribution is 7.11. The van der Waals surface area contributed by atoms with Crippen molar-refractivity contribution in [2.24, 2.45) is 0 Å². The second kappa shape index (κ2) is 5.47. The molecule has 0 bridgehead atoms. The number of hydrogen-bond acceptors (Lipinski definition) is 3. The summed E-state index contributed by atoms with van der Waals surface area (Å²) < 4.78 is 0. The maximum absolute atomic E-state index is 2.57. The van der Waals surface area contributed by atoms with Crippen LogP contribution in [0.2, 0.25) is 0 Å². The molecule has 0 N–H and O–H groups in total. The van der Waals surface area contributed by atoms with Crippen LogP contribution >= 0.6 is 11.3 Å². The molecule has 110 valence electrons. The van der Waals surface area contributed by atoms with E-state index in [1.807, 2.05) is 11.3 Å². The summed E-state index contributed by atoms with van der Waals surface area (Å²) in [6.07, 6.45) is 13.1. The number of allylic oxidation sites excluding steroid dienone is 2. The minimum absolute atomic E-state index is 0.557. The lowest BCUT2D eigenvalue weighted by Gasteiger charge is -2.33. The standard InChI is InChI=1S/C18H22N2S/c1-19-9-2-4-16(19)13-20-10-8-14-6-7-15(12-17(14)20)18-5-3-11-21-18/h3,5-8,10-11,16-17H,2,4,9,12-13H2,1H3/t16-,17?/m0/s1. The number of rotatable bonds is 3. The third kappa shape index (κ3) is 2.49. The number of likely N-dealkylation sites (tertiary alicyclic amines) is 1. The van der Waals surface area contributed by atoms with Crippen molar-refractivity contribution in [2.75, 3.05) is 20.1 Å². The second-order valence-corrected chi connectivity index (χ2v) is 7.29. The molecule has 21 heavy (non-hydrogen) atoms. The van der Waals surface area contributed by atoms with Gasteiger partial charge in [0.2, 0.25) is 0 Å². The predicted molar refractivity (Wildman–Crippen MR) is 90.3 cm³/mol. The van der Waals surface area contributed by atoms with E-state index in [-0.39, 0.29) is 0 Å². The summed E-state index contributed by atoms with van der Waals surface area (Å²) in [6, 6.07) is 5.68. The van der Waals surface area contributed by atoms with Crippen molar-refractivity contribution in [2.45, 2.75) is 31.3 Å². The molecule has 4 rings (SSSR count). The Labute approximate surface area is 131 Å². The van der Waals surface area contributed by atoms with E-state index in [0.29, 0.717) is 6.04 Å². The highest BCUT2D eigenvalue weighted by atomic mass is 32.1. The van der Waals surface area contributed by atoms with Crippen LogP contribution in [0.3, 0.4) is 0 Å². The van der Waals surface area contributed by atoms with Crippen molar-refractivity contribution >= 4 is 16.9 Å². The Morgan fingerprint density at radius 3 is 3.05 bits per heavy atom. The van der Waals surface area contributed by atoms with E-state index >= 15 is 0 Å². The van der Waals surface area contributed by atoms with E-state index in [1.165, 1.54) is 42.0 Å². The molecule has 3 heteroatoms. The lowest BCUT2D eigenvalue weighted by Crippen LogP contribution is -2.40. The van der Waals surface area contributed by atoms with E-state index in [0.717, 1.165) is 12.5 Å². The van der Waals surface area contributed by atoms with Gasteiger partial charge < -0.3 is 9.80 Å². The highest BCUT2D eigenvalue weighted by Crippen LogP contribution is 2.36. The third-order valence-corrected chi connectivity index (χ3v) is 6.01. The van der Waals surface area contributed by atoms with Crippen molar-refractivity contribution in [3.63, 3.8) is 0 Å². The number of thiophene rings is 1. The van der Waals surface area contributed by atoms with Crippen molar-refractivity contribution < 1.29 is 0 Å². The van der Waals surface area contributed by atoms with Gasteiger partial charge in [0.25, 0.3) is 0 Å². The predicted octanol–water partition coefficient (Wildman–Crippen LogP) is 3.75. The Morgan fingerprint density at radius 2 is 2.29 bits per heavy atom. The van der Waals surface area contributed by atoms with Crippen molar-refractivity contribution in [1.29, 1.82) is 0 Å². The molecule has 1 saturated heterocycles. The van der Waals surface area contributed by atoms with Crippen molar-refractivity contribution in [3.05, 3.63) is 52.4 Å². The molecule has 2 atom stereocenters. The lowest BCUT2D eigenvalue weighted by molar-refractivity contribution is 0.220. The lowest BCUT2D eigenvalue weighted by atomic mass is 9.93. The molecular formula is C18H22N2S. The summed E-state index contributed by atoms with van der Waals surface area (Å²) in [5.41, 5.74) is 2.98. The summed E-state index contributed by atoms with van der Waals surface area (Å²) in [6.45, 7) is 2.43. The Balaban J connectivity index is 1.50. The fraction of sp³-hybridized carbons (Fsp3) is 0.444. The topological polar surface area (TPSA) is 6.48 Å². The third-order valence-electron chi connectivity index (χ3n) is 5.06. The zero-order chi connectivity index (χ0) is 14.2. The van der Waals surface area contributed by atoms with Gasteiger partial charge in [0.15, 0.2) is 0 Å². The van der Waals surface area contributed by atoms with Gasteiger partial charge in [-0.3, -0.25) is 0 Å². The SMILES string of the molecule is CN1CCC[C@H]1CN1C=CC2=CC=C(c3cccs3)CC21. The van der Waals surface area contributed by atoms with Crippen LogP contribution in [0.5, 0.6) is 0 Å². The molecule has 0 radical (unpaired) electrons. The average molecular weight is 298 g/mol. The molecule has 3 heterocycles. The smallest absolute Gasteiger partial charge is 0.0578 e. The van der Waals surface area contributed by atoms with Crippen LogP contribution in [0.4, 0.5) is 0 Å². The Kier molecular flexibility index (Phi) is 3.48. The molecule has 3 aliphatic rings. The van der Waals surface area contributed by atoms with Crippen LogP contribution in [0.1, 0.15) is 24.1 Å². The van der Waals surface area contributed by atoms with E-state index in [1.54, 1.807) is 0 Å². The van der Waals surface area contributed by atoms with Gasteiger partial charge in [0.1, 0.15) is 0 Å². The van der Waals surface area contributed by atoms with E-state index in [9.17, 15) is 0 Å². The Morgan fingerprint density at radius 1 is 1.33 bits per heavy atom. The molecule has 2 nitrogen and oxygen atoms in total. The molecular weight excluding hydrogens is 276 g/mol. The number of likely N-dealkylation sites (N-methyl/N-ethyl adjacent to an activating group) is 1. The summed E-state index contributed by atoms with van der Waals surface area (Å²) in [4.78, 5) is 6.52. The summed E-state index contributed by atoms with van der Waals surface area (Å²) in [5.74, 6) is 0. The number of fused-ring (bicyclic) bond motifs is 1. The van der Waals surface area contributed by atoms with Gasteiger partial charge in [-0.2, -0.15) is 0 Å². The minimum atomic E-state index is 0.557. The molecule has 1 aromatic rings. The Bertz CT molecular complexity index is 597. The fourth-order valence-corrected chi connectivity index (χ4v) is 4.51. The largest absolute Gasteiger partial charge is 0.368 e. The first kappa shape index (κ1) is 13.4. The molecule has 1 aromatic heterocycles. The van der Waals surface area contributed by atoms with Gasteiger partial charge in [0, 0.05) is 23.7 Å². The second-order valence-electron chi connectivity index (χ2n) is 6.34. The zero-order valence-electron chi connectivity index (χ0n) is 12.5. The fourth-order valence-electron chi connectivity index (χ4n) is 3.75. The first-order valence-electron chi connectivity index (χ1n) is 7.90. The first-order chi connectivity index (χ1) is 10.3. The first-order valence-corrected chi connectivity index (χ1v) is 8.78. The quantitative estimate of drug-likeness (QED) is 0.838. The minimum Gasteiger partial charge on any atom is -0.368 e. The van der Waals surface area contributed by atoms with Crippen LogP contribution in [0.25, 0.3) is 5.57 Å². The molecule has 1 unspecified atom stereocenters. The number of nitrogens with zero attached hydrogens (tertiary/aromatic N) is 2. The maximum atomic E-state index is 2.57. The molecule has 0 aromatic carbocycles. The normalized spacial score (nSPS) is 28.7. The van der Waals surface area contributed by atoms with Crippen molar-refractivity contribution in [1.82, 2.24) is 9.80 Å². The van der Waals surface area contributed by atoms with E-state index in [2.05, 4.69) is 58.8 Å². The molecule has 0 spiro atoms. The highest BCUT2D eigenvalue weighted by Gasteiger charge is 2.31. The van der Waals surface area contributed by atoms with Gasteiger partial charge in [0.05, 0.1) is 6.04 Å². The summed E-state index contributed by atoms with van der Waals surface area (Å²) in [5, 5.41) is 2.17. The number of hydrogen-bond donors (Lipinski definition) is 0. The van der Waals surface area contributed by atoms with Gasteiger partial charge in [-0.05, 0) is 61.5 Å². The van der Waals surface area contributed by atoms with Crippen LogP contribution in [0, 0.1) is 0 Å². The van der Waals surface area contributed by atoms with Crippen LogP contribution < -0.4 is 0 Å². The van der Waals surface area contributed by atoms with Gasteiger partial charge in [-0.15, -0.1) is 11.3 Å². The molecule has 2 aliphatic heterocycles. The van der Waals surface area contributed by atoms with E-state index in [4.69, 9.17) is 0 Å². The maximum Gasteiger partial charge on any atom is 0.0578 e. The van der Waals surface area contributed by atoms with Crippen LogP contribution in [-0.2, 0) is 0 Å². The molecule has 1 fully saturated rings. The molecule has 1 aliphatic carbocycles.